The summed E-state index contributed by atoms with van der Waals surface area (Å²) in [5.74, 6) is -0.0301. The first-order valence-electron chi connectivity index (χ1n) is 5.23. The maximum Gasteiger partial charge on any atom is 0.261 e. The van der Waals surface area contributed by atoms with Crippen molar-refractivity contribution in [3.63, 3.8) is 0 Å². The van der Waals surface area contributed by atoms with Gasteiger partial charge in [-0.1, -0.05) is 23.7 Å². The van der Waals surface area contributed by atoms with E-state index in [1.54, 1.807) is 0 Å². The van der Waals surface area contributed by atoms with Crippen molar-refractivity contribution in [3.05, 3.63) is 56.7 Å². The maximum atomic E-state index is 11.9. The van der Waals surface area contributed by atoms with Crippen LogP contribution in [0.5, 0.6) is 0 Å². The molecule has 0 spiro atoms. The molecule has 0 aliphatic heterocycles. The first kappa shape index (κ1) is 12.1. The molecular weight excluding hydrogens is 254 g/mol. The summed E-state index contributed by atoms with van der Waals surface area (Å²) in [6, 6.07) is 9.42. The minimum Gasteiger partial charge on any atom is -0.347 e. The molecule has 1 aromatic carbocycles. The Morgan fingerprint density at radius 3 is 2.88 bits per heavy atom. The number of aryl methyl sites for hydroxylation is 1. The molecular formula is C13H12ClNOS. The summed E-state index contributed by atoms with van der Waals surface area (Å²) in [5.41, 5.74) is 2.01. The molecule has 1 aromatic heterocycles. The van der Waals surface area contributed by atoms with Crippen LogP contribution in [0.4, 0.5) is 0 Å². The maximum absolute atomic E-state index is 11.9. The molecule has 0 radical (unpaired) electrons. The standard InChI is InChI=1S/C13H12ClNOS/c1-9-5-6-17-12(9)13(16)15-8-10-3-2-4-11(14)7-10/h2-7H,8H2,1H3,(H,15,16). The SMILES string of the molecule is Cc1ccsc1C(=O)NCc1cccc(Cl)c1. The molecule has 88 valence electrons. The first-order valence-corrected chi connectivity index (χ1v) is 6.49. The smallest absolute Gasteiger partial charge is 0.261 e. The fourth-order valence-corrected chi connectivity index (χ4v) is 2.57. The van der Waals surface area contributed by atoms with Gasteiger partial charge in [0, 0.05) is 11.6 Å². The average Bonchev–Trinajstić information content (AvgIpc) is 2.72. The first-order chi connectivity index (χ1) is 8.16. The zero-order chi connectivity index (χ0) is 12.3. The Bertz CT molecular complexity index is 536. The van der Waals surface area contributed by atoms with E-state index in [2.05, 4.69) is 5.32 Å². The molecule has 0 saturated carbocycles. The number of benzene rings is 1. The molecule has 0 fully saturated rings. The third-order valence-corrected chi connectivity index (χ3v) is 3.66. The molecule has 1 heterocycles. The summed E-state index contributed by atoms with van der Waals surface area (Å²) in [6.45, 7) is 2.43. The van der Waals surface area contributed by atoms with Crippen molar-refractivity contribution in [3.8, 4) is 0 Å². The highest BCUT2D eigenvalue weighted by Gasteiger charge is 2.09. The summed E-state index contributed by atoms with van der Waals surface area (Å²) >= 11 is 7.33. The van der Waals surface area contributed by atoms with Crippen LogP contribution in [0.3, 0.4) is 0 Å². The minimum atomic E-state index is -0.0301. The van der Waals surface area contributed by atoms with E-state index in [1.807, 2.05) is 42.6 Å². The van der Waals surface area contributed by atoms with Crippen molar-refractivity contribution in [2.24, 2.45) is 0 Å². The molecule has 0 saturated heterocycles. The summed E-state index contributed by atoms with van der Waals surface area (Å²) in [5, 5.41) is 5.49. The van der Waals surface area contributed by atoms with E-state index in [0.717, 1.165) is 16.0 Å². The lowest BCUT2D eigenvalue weighted by Gasteiger charge is -2.05. The number of nitrogens with one attached hydrogen (secondary N) is 1. The summed E-state index contributed by atoms with van der Waals surface area (Å²) in [4.78, 5) is 12.6. The van der Waals surface area contributed by atoms with Crippen LogP contribution in [0.15, 0.2) is 35.7 Å². The summed E-state index contributed by atoms with van der Waals surface area (Å²) < 4.78 is 0. The van der Waals surface area contributed by atoms with Crippen LogP contribution in [-0.4, -0.2) is 5.91 Å². The molecule has 4 heteroatoms. The number of amides is 1. The molecule has 0 bridgehead atoms. The summed E-state index contributed by atoms with van der Waals surface area (Å²) in [6.07, 6.45) is 0. The Kier molecular flexibility index (Phi) is 3.82. The van der Waals surface area contributed by atoms with Gasteiger partial charge in [-0.2, -0.15) is 0 Å². The van der Waals surface area contributed by atoms with Gasteiger partial charge in [-0.15, -0.1) is 11.3 Å². The van der Waals surface area contributed by atoms with Gasteiger partial charge in [-0.05, 0) is 41.6 Å². The van der Waals surface area contributed by atoms with Crippen LogP contribution in [0.2, 0.25) is 5.02 Å². The van der Waals surface area contributed by atoms with Crippen molar-refractivity contribution in [1.82, 2.24) is 5.32 Å². The lowest BCUT2D eigenvalue weighted by Crippen LogP contribution is -2.22. The quantitative estimate of drug-likeness (QED) is 0.902. The van der Waals surface area contributed by atoms with Gasteiger partial charge in [-0.25, -0.2) is 0 Å². The largest absolute Gasteiger partial charge is 0.347 e. The van der Waals surface area contributed by atoms with Crippen LogP contribution >= 0.6 is 22.9 Å². The van der Waals surface area contributed by atoms with E-state index in [0.29, 0.717) is 11.6 Å². The number of hydrogen-bond acceptors (Lipinski definition) is 2. The van der Waals surface area contributed by atoms with Gasteiger partial charge in [-0.3, -0.25) is 4.79 Å². The lowest BCUT2D eigenvalue weighted by atomic mass is 10.2. The van der Waals surface area contributed by atoms with E-state index < -0.39 is 0 Å². The van der Waals surface area contributed by atoms with E-state index in [-0.39, 0.29) is 5.91 Å². The van der Waals surface area contributed by atoms with Gasteiger partial charge in [0.25, 0.3) is 5.91 Å². The van der Waals surface area contributed by atoms with Gasteiger partial charge < -0.3 is 5.32 Å². The average molecular weight is 266 g/mol. The van der Waals surface area contributed by atoms with Crippen LogP contribution in [-0.2, 0) is 6.54 Å². The van der Waals surface area contributed by atoms with E-state index in [1.165, 1.54) is 11.3 Å². The molecule has 17 heavy (non-hydrogen) atoms. The molecule has 2 rings (SSSR count). The molecule has 0 atom stereocenters. The number of carbonyl (C=O) groups excluding carboxylic acids is 1. The van der Waals surface area contributed by atoms with Crippen LogP contribution < -0.4 is 5.32 Å². The zero-order valence-corrected chi connectivity index (χ0v) is 10.9. The highest BCUT2D eigenvalue weighted by molar-refractivity contribution is 7.12. The number of halogens is 1. The number of hydrogen-bond donors (Lipinski definition) is 1. The van der Waals surface area contributed by atoms with Crippen molar-refractivity contribution < 1.29 is 4.79 Å². The van der Waals surface area contributed by atoms with Crippen molar-refractivity contribution in [1.29, 1.82) is 0 Å². The third kappa shape index (κ3) is 3.08. The fourth-order valence-electron chi connectivity index (χ4n) is 1.51. The van der Waals surface area contributed by atoms with Gasteiger partial charge in [0.15, 0.2) is 0 Å². The Morgan fingerprint density at radius 1 is 1.41 bits per heavy atom. The molecule has 0 aliphatic carbocycles. The fraction of sp³-hybridized carbons (Fsp3) is 0.154. The van der Waals surface area contributed by atoms with Gasteiger partial charge >= 0.3 is 0 Å². The zero-order valence-electron chi connectivity index (χ0n) is 9.37. The second-order valence-electron chi connectivity index (χ2n) is 3.75. The number of thiophene rings is 1. The number of carbonyl (C=O) groups is 1. The molecule has 2 nitrogen and oxygen atoms in total. The van der Waals surface area contributed by atoms with Crippen molar-refractivity contribution in [2.75, 3.05) is 0 Å². The minimum absolute atomic E-state index is 0.0301. The monoisotopic (exact) mass is 265 g/mol. The summed E-state index contributed by atoms with van der Waals surface area (Å²) in [7, 11) is 0. The van der Waals surface area contributed by atoms with E-state index in [4.69, 9.17) is 11.6 Å². The molecule has 0 aliphatic rings. The molecule has 0 unspecified atom stereocenters. The predicted molar refractivity (Wildman–Crippen MR) is 71.7 cm³/mol. The molecule has 1 amide bonds. The van der Waals surface area contributed by atoms with Crippen LogP contribution in [0, 0.1) is 6.92 Å². The van der Waals surface area contributed by atoms with E-state index in [9.17, 15) is 4.79 Å². The highest BCUT2D eigenvalue weighted by atomic mass is 35.5. The lowest BCUT2D eigenvalue weighted by molar-refractivity contribution is 0.0954. The normalized spacial score (nSPS) is 10.2. The van der Waals surface area contributed by atoms with Crippen molar-refractivity contribution in [2.45, 2.75) is 13.5 Å². The highest BCUT2D eigenvalue weighted by Crippen LogP contribution is 2.15. The topological polar surface area (TPSA) is 29.1 Å². The third-order valence-electron chi connectivity index (χ3n) is 2.41. The Balaban J connectivity index is 1.99. The van der Waals surface area contributed by atoms with Crippen LogP contribution in [0.25, 0.3) is 0 Å². The Labute approximate surface area is 109 Å². The Hall–Kier alpha value is -1.32. The van der Waals surface area contributed by atoms with Crippen molar-refractivity contribution >= 4 is 28.8 Å². The predicted octanol–water partition coefficient (Wildman–Crippen LogP) is 3.64. The van der Waals surface area contributed by atoms with Gasteiger partial charge in [0.1, 0.15) is 0 Å². The Morgan fingerprint density at radius 2 is 2.24 bits per heavy atom. The second-order valence-corrected chi connectivity index (χ2v) is 5.10. The number of rotatable bonds is 3. The second kappa shape index (κ2) is 5.34. The molecule has 2 aromatic rings. The molecule has 1 N–H and O–H groups in total. The van der Waals surface area contributed by atoms with E-state index >= 15 is 0 Å². The van der Waals surface area contributed by atoms with Gasteiger partial charge in [0.2, 0.25) is 0 Å². The van der Waals surface area contributed by atoms with Crippen LogP contribution in [0.1, 0.15) is 20.8 Å². The van der Waals surface area contributed by atoms with Gasteiger partial charge in [0.05, 0.1) is 4.88 Å².